The van der Waals surface area contributed by atoms with Crippen LogP contribution >= 0.6 is 11.3 Å². The van der Waals surface area contributed by atoms with Crippen LogP contribution in [0.5, 0.6) is 5.88 Å². The lowest BCUT2D eigenvalue weighted by Crippen LogP contribution is -2.43. The number of piperidine rings is 1. The largest absolute Gasteiger partial charge is 0.472 e. The van der Waals surface area contributed by atoms with Gasteiger partial charge in [0.2, 0.25) is 11.8 Å². The van der Waals surface area contributed by atoms with Crippen LogP contribution in [0.1, 0.15) is 17.7 Å². The molecular weight excluding hydrogens is 374 g/mol. The molecule has 4 heterocycles. The summed E-state index contributed by atoms with van der Waals surface area (Å²) < 4.78 is 8.32. The van der Waals surface area contributed by atoms with Gasteiger partial charge in [-0.1, -0.05) is 6.58 Å². The molecule has 0 unspecified atom stereocenters. The Morgan fingerprint density at radius 2 is 2.36 bits per heavy atom. The first-order valence-electron chi connectivity index (χ1n) is 9.27. The average Bonchev–Trinajstić information content (AvgIpc) is 3.27. The number of pyridine rings is 1. The second-order valence-corrected chi connectivity index (χ2v) is 8.18. The molecule has 4 rings (SSSR count). The van der Waals surface area contributed by atoms with Gasteiger partial charge < -0.3 is 19.5 Å². The molecule has 0 bridgehead atoms. The number of carbonyl (C=O) groups is 1. The van der Waals surface area contributed by atoms with Crippen LogP contribution in [0.25, 0.3) is 10.9 Å². The van der Waals surface area contributed by atoms with Gasteiger partial charge in [-0.2, -0.15) is 4.98 Å². The van der Waals surface area contributed by atoms with Crippen LogP contribution in [0.15, 0.2) is 37.2 Å². The van der Waals surface area contributed by atoms with E-state index in [1.807, 2.05) is 43.1 Å². The summed E-state index contributed by atoms with van der Waals surface area (Å²) in [5.41, 5.74) is 1.02. The quantitative estimate of drug-likeness (QED) is 0.666. The first kappa shape index (κ1) is 18.5. The third-order valence-corrected chi connectivity index (χ3v) is 5.67. The third-order valence-electron chi connectivity index (χ3n) is 4.85. The number of nitrogens with one attached hydrogen (secondary N) is 1. The van der Waals surface area contributed by atoms with Gasteiger partial charge in [0.15, 0.2) is 5.13 Å². The molecule has 1 fully saturated rings. The van der Waals surface area contributed by atoms with Crippen molar-refractivity contribution in [3.05, 3.63) is 42.1 Å². The molecule has 0 aromatic carbocycles. The summed E-state index contributed by atoms with van der Waals surface area (Å²) in [6, 6.07) is 4.00. The zero-order valence-electron chi connectivity index (χ0n) is 16.0. The second kappa shape index (κ2) is 7.63. The molecule has 28 heavy (non-hydrogen) atoms. The number of hydrogen-bond acceptors (Lipinski definition) is 6. The number of rotatable bonds is 5. The van der Waals surface area contributed by atoms with Gasteiger partial charge in [-0.3, -0.25) is 4.79 Å². The summed E-state index contributed by atoms with van der Waals surface area (Å²) in [4.78, 5) is 23.9. The fourth-order valence-electron chi connectivity index (χ4n) is 3.43. The normalized spacial score (nSPS) is 16.9. The molecule has 1 N–H and O–H groups in total. The molecule has 3 aromatic heterocycles. The lowest BCUT2D eigenvalue weighted by Gasteiger charge is -2.32. The highest BCUT2D eigenvalue weighted by atomic mass is 32.1. The Morgan fingerprint density at radius 3 is 3.11 bits per heavy atom. The minimum Gasteiger partial charge on any atom is -0.472 e. The molecule has 3 aromatic rings. The van der Waals surface area contributed by atoms with Crippen molar-refractivity contribution in [3.63, 3.8) is 0 Å². The molecule has 0 radical (unpaired) electrons. The van der Waals surface area contributed by atoms with E-state index in [0.717, 1.165) is 40.3 Å². The zero-order chi connectivity index (χ0) is 19.7. The fraction of sp³-hybridized carbons (Fsp3) is 0.350. The van der Waals surface area contributed by atoms with Crippen LogP contribution in [0.4, 0.5) is 10.9 Å². The van der Waals surface area contributed by atoms with E-state index in [0.29, 0.717) is 18.2 Å². The summed E-state index contributed by atoms with van der Waals surface area (Å²) in [6.07, 6.45) is 6.88. The number of aromatic nitrogens is 3. The molecule has 1 aliphatic rings. The number of fused-ring (bicyclic) bond motifs is 1. The number of carbonyl (C=O) groups excluding carboxylic acids is 1. The van der Waals surface area contributed by atoms with Crippen molar-refractivity contribution in [1.82, 2.24) is 19.4 Å². The topological polar surface area (TPSA) is 72.3 Å². The number of anilines is 2. The highest BCUT2D eigenvalue weighted by Gasteiger charge is 2.25. The van der Waals surface area contributed by atoms with Crippen LogP contribution in [0.3, 0.4) is 0 Å². The molecule has 0 saturated carbocycles. The van der Waals surface area contributed by atoms with E-state index in [1.165, 1.54) is 6.08 Å². The van der Waals surface area contributed by atoms with Gasteiger partial charge in [0.1, 0.15) is 11.9 Å². The molecule has 1 saturated heterocycles. The number of amides is 1. The maximum absolute atomic E-state index is 12.0. The summed E-state index contributed by atoms with van der Waals surface area (Å²) >= 11 is 1.58. The number of thiazole rings is 1. The summed E-state index contributed by atoms with van der Waals surface area (Å²) in [5, 5.41) is 5.02. The highest BCUT2D eigenvalue weighted by molar-refractivity contribution is 7.15. The lowest BCUT2D eigenvalue weighted by molar-refractivity contribution is -0.128. The van der Waals surface area contributed by atoms with Gasteiger partial charge in [-0.15, -0.1) is 11.3 Å². The van der Waals surface area contributed by atoms with E-state index < -0.39 is 0 Å². The Labute approximate surface area is 167 Å². The number of ether oxygens (including phenoxy) is 1. The number of nitrogens with zero attached hydrogens (tertiary/aromatic N) is 4. The summed E-state index contributed by atoms with van der Waals surface area (Å²) in [7, 11) is 1.99. The van der Waals surface area contributed by atoms with Gasteiger partial charge >= 0.3 is 0 Å². The monoisotopic (exact) mass is 397 g/mol. The van der Waals surface area contributed by atoms with Crippen molar-refractivity contribution in [2.45, 2.75) is 25.9 Å². The Morgan fingerprint density at radius 1 is 1.50 bits per heavy atom. The smallest absolute Gasteiger partial charge is 0.246 e. The van der Waals surface area contributed by atoms with E-state index in [-0.39, 0.29) is 12.0 Å². The standard InChI is InChI=1S/C20H23N5O2S/c1-4-18(26)25-8-5-6-14(12-25)27-19-15-7-9-24(3)16(15)10-17(22-19)23-20-21-11-13(2)28-20/h4,7,9-11,14H,1,5-6,8,12H2,2-3H3,(H,21,22,23)/t14-/m0/s1. The van der Waals surface area contributed by atoms with E-state index in [1.54, 1.807) is 16.2 Å². The van der Waals surface area contributed by atoms with Gasteiger partial charge in [0, 0.05) is 36.9 Å². The van der Waals surface area contributed by atoms with Crippen molar-refractivity contribution >= 4 is 39.1 Å². The Hall–Kier alpha value is -2.87. The van der Waals surface area contributed by atoms with Crippen LogP contribution in [-0.2, 0) is 11.8 Å². The minimum absolute atomic E-state index is 0.0549. The average molecular weight is 398 g/mol. The Kier molecular flexibility index (Phi) is 5.04. The Balaban J connectivity index is 1.62. The molecule has 1 amide bonds. The number of aryl methyl sites for hydroxylation is 2. The second-order valence-electron chi connectivity index (χ2n) is 6.94. The molecule has 0 aliphatic carbocycles. The van der Waals surface area contributed by atoms with E-state index >= 15 is 0 Å². The van der Waals surface area contributed by atoms with Gasteiger partial charge in [0.25, 0.3) is 0 Å². The van der Waals surface area contributed by atoms with Gasteiger partial charge in [-0.05, 0) is 31.9 Å². The third kappa shape index (κ3) is 3.73. The van der Waals surface area contributed by atoms with E-state index in [2.05, 4.69) is 16.9 Å². The maximum atomic E-state index is 12.0. The Bertz CT molecular complexity index is 1020. The molecule has 1 aliphatic heterocycles. The van der Waals surface area contributed by atoms with E-state index in [4.69, 9.17) is 9.72 Å². The van der Waals surface area contributed by atoms with Crippen LogP contribution in [-0.4, -0.2) is 44.5 Å². The SMILES string of the molecule is C=CC(=O)N1CCC[C@H](Oc2nc(Nc3ncc(C)s3)cc3c2ccn3C)C1. The summed E-state index contributed by atoms with van der Waals surface area (Å²) in [6.45, 7) is 6.89. The maximum Gasteiger partial charge on any atom is 0.246 e. The molecule has 1 atom stereocenters. The predicted octanol–water partition coefficient (Wildman–Crippen LogP) is 3.64. The summed E-state index contributed by atoms with van der Waals surface area (Å²) in [5.74, 6) is 1.21. The van der Waals surface area contributed by atoms with Crippen molar-refractivity contribution < 1.29 is 9.53 Å². The number of likely N-dealkylation sites (tertiary alicyclic amines) is 1. The first-order valence-corrected chi connectivity index (χ1v) is 10.1. The van der Waals surface area contributed by atoms with Crippen LogP contribution < -0.4 is 10.1 Å². The minimum atomic E-state index is -0.0917. The lowest BCUT2D eigenvalue weighted by atomic mass is 10.1. The van der Waals surface area contributed by atoms with Crippen molar-refractivity contribution in [2.75, 3.05) is 18.4 Å². The molecule has 7 nitrogen and oxygen atoms in total. The van der Waals surface area contributed by atoms with Gasteiger partial charge in [-0.25, -0.2) is 4.98 Å². The fourth-order valence-corrected chi connectivity index (χ4v) is 4.10. The van der Waals surface area contributed by atoms with Crippen molar-refractivity contribution in [3.8, 4) is 5.88 Å². The van der Waals surface area contributed by atoms with Gasteiger partial charge in [0.05, 0.1) is 17.4 Å². The molecule has 8 heteroatoms. The molecule has 146 valence electrons. The zero-order valence-corrected chi connectivity index (χ0v) is 16.8. The first-order chi connectivity index (χ1) is 13.5. The molecule has 0 spiro atoms. The highest BCUT2D eigenvalue weighted by Crippen LogP contribution is 2.31. The van der Waals surface area contributed by atoms with E-state index in [9.17, 15) is 4.79 Å². The predicted molar refractivity (Wildman–Crippen MR) is 111 cm³/mol. The van der Waals surface area contributed by atoms with Crippen molar-refractivity contribution in [2.24, 2.45) is 7.05 Å². The number of hydrogen-bond donors (Lipinski definition) is 1. The van der Waals surface area contributed by atoms with Crippen LogP contribution in [0.2, 0.25) is 0 Å². The molecular formula is C20H23N5O2S. The van der Waals surface area contributed by atoms with Crippen LogP contribution in [0, 0.1) is 6.92 Å². The van der Waals surface area contributed by atoms with Crippen molar-refractivity contribution in [1.29, 1.82) is 0 Å².